The zero-order valence-electron chi connectivity index (χ0n) is 10.6. The van der Waals surface area contributed by atoms with Crippen LogP contribution in [0.1, 0.15) is 31.3 Å². The maximum atomic E-state index is 4.47. The highest BCUT2D eigenvalue weighted by Crippen LogP contribution is 2.09. The van der Waals surface area contributed by atoms with Crippen molar-refractivity contribution in [3.05, 3.63) is 35.9 Å². The lowest BCUT2D eigenvalue weighted by molar-refractivity contribution is 0.534. The van der Waals surface area contributed by atoms with Gasteiger partial charge in [-0.3, -0.25) is 9.36 Å². The van der Waals surface area contributed by atoms with Gasteiger partial charge in [-0.15, -0.1) is 0 Å². The second-order valence-corrected chi connectivity index (χ2v) is 4.18. The predicted octanol–water partition coefficient (Wildman–Crippen LogP) is 1.49. The van der Waals surface area contributed by atoms with Gasteiger partial charge in [0, 0.05) is 38.6 Å². The van der Waals surface area contributed by atoms with Gasteiger partial charge in [0.05, 0.1) is 11.4 Å². The molecule has 1 N–H and O–H groups in total. The maximum Gasteiger partial charge on any atom is 0.0791 e. The number of nitrogens with zero attached hydrogens (tertiary/aromatic N) is 4. The molecule has 0 aliphatic carbocycles. The van der Waals surface area contributed by atoms with Gasteiger partial charge in [0.25, 0.3) is 0 Å². The number of hydrogen-bond acceptors (Lipinski definition) is 3. The summed E-state index contributed by atoms with van der Waals surface area (Å²) in [6, 6.07) is 4.31. The van der Waals surface area contributed by atoms with Crippen molar-refractivity contribution in [3.8, 4) is 0 Å². The molecule has 2 rings (SSSR count). The third kappa shape index (κ3) is 2.94. The maximum absolute atomic E-state index is 4.47. The van der Waals surface area contributed by atoms with Crippen LogP contribution in [0, 0.1) is 0 Å². The highest BCUT2D eigenvalue weighted by atomic mass is 15.3. The molecule has 0 bridgehead atoms. The summed E-state index contributed by atoms with van der Waals surface area (Å²) in [6.45, 7) is 5.88. The van der Waals surface area contributed by atoms with Gasteiger partial charge >= 0.3 is 0 Å². The van der Waals surface area contributed by atoms with E-state index in [1.54, 1.807) is 0 Å². The first kappa shape index (κ1) is 11.9. The third-order valence-corrected chi connectivity index (χ3v) is 2.79. The van der Waals surface area contributed by atoms with Crippen LogP contribution in [-0.2, 0) is 20.1 Å². The van der Waals surface area contributed by atoms with Crippen molar-refractivity contribution in [2.75, 3.05) is 0 Å². The van der Waals surface area contributed by atoms with E-state index < -0.39 is 0 Å². The predicted molar refractivity (Wildman–Crippen MR) is 66.4 cm³/mol. The summed E-state index contributed by atoms with van der Waals surface area (Å²) in [5, 5.41) is 12.2. The molecule has 5 heteroatoms. The Morgan fingerprint density at radius 2 is 2.12 bits per heavy atom. The molecule has 2 heterocycles. The molecule has 2 aromatic rings. The zero-order valence-corrected chi connectivity index (χ0v) is 10.6. The van der Waals surface area contributed by atoms with E-state index in [0.29, 0.717) is 0 Å². The molecule has 0 radical (unpaired) electrons. The van der Waals surface area contributed by atoms with Crippen molar-refractivity contribution in [2.45, 2.75) is 33.0 Å². The molecule has 0 saturated heterocycles. The van der Waals surface area contributed by atoms with Crippen molar-refractivity contribution in [1.29, 1.82) is 0 Å². The second kappa shape index (κ2) is 5.14. The number of nitrogens with one attached hydrogen (secondary N) is 1. The summed E-state index contributed by atoms with van der Waals surface area (Å²) in [5.74, 6) is 0. The Balaban J connectivity index is 1.90. The molecule has 92 valence electrons. The van der Waals surface area contributed by atoms with Crippen LogP contribution < -0.4 is 5.32 Å². The standard InChI is InChI=1S/C12H19N5/c1-4-17-8-6-12(15-17)10(2)13-9-11-5-7-16(3)14-11/h5-8,10,13H,4,9H2,1-3H3. The molecule has 0 fully saturated rings. The van der Waals surface area contributed by atoms with Gasteiger partial charge in [-0.1, -0.05) is 0 Å². The van der Waals surface area contributed by atoms with Crippen molar-refractivity contribution >= 4 is 0 Å². The van der Waals surface area contributed by atoms with E-state index in [4.69, 9.17) is 0 Å². The third-order valence-electron chi connectivity index (χ3n) is 2.79. The second-order valence-electron chi connectivity index (χ2n) is 4.18. The smallest absolute Gasteiger partial charge is 0.0791 e. The van der Waals surface area contributed by atoms with E-state index in [0.717, 1.165) is 24.5 Å². The normalized spacial score (nSPS) is 12.9. The summed E-state index contributed by atoms with van der Waals surface area (Å²) in [4.78, 5) is 0. The first-order chi connectivity index (χ1) is 8.19. The monoisotopic (exact) mass is 233 g/mol. The Morgan fingerprint density at radius 1 is 1.29 bits per heavy atom. The minimum atomic E-state index is 0.241. The molecule has 1 atom stereocenters. The van der Waals surface area contributed by atoms with Gasteiger partial charge in [-0.2, -0.15) is 10.2 Å². The largest absolute Gasteiger partial charge is 0.303 e. The van der Waals surface area contributed by atoms with Crippen LogP contribution >= 0.6 is 0 Å². The minimum absolute atomic E-state index is 0.241. The summed E-state index contributed by atoms with van der Waals surface area (Å²) in [7, 11) is 1.93. The number of aromatic nitrogens is 4. The Morgan fingerprint density at radius 3 is 2.71 bits per heavy atom. The van der Waals surface area contributed by atoms with Crippen LogP contribution in [0.5, 0.6) is 0 Å². The van der Waals surface area contributed by atoms with E-state index >= 15 is 0 Å². The van der Waals surface area contributed by atoms with Gasteiger partial charge in [0.2, 0.25) is 0 Å². The molecule has 0 aromatic carbocycles. The Hall–Kier alpha value is -1.62. The highest BCUT2D eigenvalue weighted by Gasteiger charge is 2.08. The van der Waals surface area contributed by atoms with Gasteiger partial charge in [0.1, 0.15) is 0 Å². The first-order valence-electron chi connectivity index (χ1n) is 5.94. The van der Waals surface area contributed by atoms with Gasteiger partial charge in [-0.25, -0.2) is 0 Å². The Kier molecular flexibility index (Phi) is 3.58. The van der Waals surface area contributed by atoms with Crippen LogP contribution in [0.15, 0.2) is 24.5 Å². The quantitative estimate of drug-likeness (QED) is 0.851. The minimum Gasteiger partial charge on any atom is -0.303 e. The molecule has 1 unspecified atom stereocenters. The van der Waals surface area contributed by atoms with Crippen LogP contribution in [0.3, 0.4) is 0 Å². The van der Waals surface area contributed by atoms with E-state index in [2.05, 4.69) is 35.4 Å². The Labute approximate surface area is 101 Å². The lowest BCUT2D eigenvalue weighted by Crippen LogP contribution is -2.19. The van der Waals surface area contributed by atoms with E-state index in [9.17, 15) is 0 Å². The summed E-state index contributed by atoms with van der Waals surface area (Å²) in [5.41, 5.74) is 2.12. The fourth-order valence-corrected chi connectivity index (χ4v) is 1.70. The van der Waals surface area contributed by atoms with E-state index in [1.807, 2.05) is 34.9 Å². The molecular formula is C12H19N5. The van der Waals surface area contributed by atoms with Crippen molar-refractivity contribution in [2.24, 2.45) is 7.05 Å². The fraction of sp³-hybridized carbons (Fsp3) is 0.500. The van der Waals surface area contributed by atoms with E-state index in [-0.39, 0.29) is 6.04 Å². The summed E-state index contributed by atoms with van der Waals surface area (Å²) < 4.78 is 3.75. The summed E-state index contributed by atoms with van der Waals surface area (Å²) in [6.07, 6.45) is 3.96. The average Bonchev–Trinajstić information content (AvgIpc) is 2.94. The van der Waals surface area contributed by atoms with Gasteiger partial charge in [-0.05, 0) is 26.0 Å². The molecule has 17 heavy (non-hydrogen) atoms. The lowest BCUT2D eigenvalue weighted by atomic mass is 10.2. The van der Waals surface area contributed by atoms with Gasteiger partial charge < -0.3 is 5.32 Å². The molecule has 0 aliphatic heterocycles. The topological polar surface area (TPSA) is 47.7 Å². The van der Waals surface area contributed by atoms with Crippen LogP contribution in [0.2, 0.25) is 0 Å². The molecule has 5 nitrogen and oxygen atoms in total. The summed E-state index contributed by atoms with van der Waals surface area (Å²) >= 11 is 0. The van der Waals surface area contributed by atoms with E-state index in [1.165, 1.54) is 0 Å². The average molecular weight is 233 g/mol. The van der Waals surface area contributed by atoms with Crippen LogP contribution in [0.4, 0.5) is 0 Å². The molecular weight excluding hydrogens is 214 g/mol. The highest BCUT2D eigenvalue weighted by molar-refractivity contribution is 5.05. The zero-order chi connectivity index (χ0) is 12.3. The first-order valence-corrected chi connectivity index (χ1v) is 5.94. The number of aryl methyl sites for hydroxylation is 2. The number of rotatable bonds is 5. The van der Waals surface area contributed by atoms with Crippen LogP contribution in [0.25, 0.3) is 0 Å². The molecule has 0 amide bonds. The molecule has 0 saturated carbocycles. The lowest BCUT2D eigenvalue weighted by Gasteiger charge is -2.09. The molecule has 2 aromatic heterocycles. The SMILES string of the molecule is CCn1ccc(C(C)NCc2ccn(C)n2)n1. The van der Waals surface area contributed by atoms with Crippen LogP contribution in [-0.4, -0.2) is 19.6 Å². The molecule has 0 spiro atoms. The number of hydrogen-bond donors (Lipinski definition) is 1. The van der Waals surface area contributed by atoms with Crippen molar-refractivity contribution in [1.82, 2.24) is 24.9 Å². The van der Waals surface area contributed by atoms with Crippen molar-refractivity contribution in [3.63, 3.8) is 0 Å². The fourth-order valence-electron chi connectivity index (χ4n) is 1.70. The van der Waals surface area contributed by atoms with Gasteiger partial charge in [0.15, 0.2) is 0 Å². The van der Waals surface area contributed by atoms with Crippen molar-refractivity contribution < 1.29 is 0 Å². The Bertz CT molecular complexity index is 471. The molecule has 0 aliphatic rings.